The van der Waals surface area contributed by atoms with Crippen molar-refractivity contribution < 1.29 is 9.59 Å². The van der Waals surface area contributed by atoms with Gasteiger partial charge >= 0.3 is 0 Å². The van der Waals surface area contributed by atoms with Gasteiger partial charge < -0.3 is 10.6 Å². The lowest BCUT2D eigenvalue weighted by atomic mass is 10.0. The van der Waals surface area contributed by atoms with E-state index in [9.17, 15) is 9.59 Å². The predicted octanol–water partition coefficient (Wildman–Crippen LogP) is 3.09. The van der Waals surface area contributed by atoms with Gasteiger partial charge in [0.2, 0.25) is 11.9 Å². The first-order valence-corrected chi connectivity index (χ1v) is 11.1. The molecule has 2 amide bonds. The maximum Gasteiger partial charge on any atom is 0.258 e. The lowest BCUT2D eigenvalue weighted by molar-refractivity contribution is -0.132. The van der Waals surface area contributed by atoms with Crippen LogP contribution in [-0.2, 0) is 4.79 Å². The molecule has 0 aliphatic carbocycles. The SMILES string of the molecule is CC(=O)N1CCCC[C@H]1c1nc(-c2ccc(C(=O)Nc3ncccn3)cc2)c2c(N)nccn12. The quantitative estimate of drug-likeness (QED) is 0.482. The number of fused-ring (bicyclic) bond motifs is 1. The number of nitrogens with two attached hydrogens (primary N) is 1. The third kappa shape index (κ3) is 3.94. The predicted molar refractivity (Wildman–Crippen MR) is 127 cm³/mol. The largest absolute Gasteiger partial charge is 0.382 e. The molecule has 0 spiro atoms. The summed E-state index contributed by atoms with van der Waals surface area (Å²) in [7, 11) is 0. The summed E-state index contributed by atoms with van der Waals surface area (Å²) in [6.07, 6.45) is 9.42. The average Bonchev–Trinajstić information content (AvgIpc) is 3.25. The lowest BCUT2D eigenvalue weighted by Gasteiger charge is -2.34. The van der Waals surface area contributed by atoms with E-state index >= 15 is 0 Å². The van der Waals surface area contributed by atoms with Gasteiger partial charge in [0.25, 0.3) is 5.91 Å². The number of rotatable bonds is 4. The minimum Gasteiger partial charge on any atom is -0.382 e. The molecule has 0 saturated carbocycles. The first-order chi connectivity index (χ1) is 16.5. The van der Waals surface area contributed by atoms with Crippen LogP contribution in [0.3, 0.4) is 0 Å². The second kappa shape index (κ2) is 8.89. The summed E-state index contributed by atoms with van der Waals surface area (Å²) in [4.78, 5) is 44.0. The monoisotopic (exact) mass is 456 g/mol. The zero-order valence-corrected chi connectivity index (χ0v) is 18.7. The first kappa shape index (κ1) is 21.5. The standard InChI is InChI=1S/C24H24N8O2/c1-15(33)31-13-3-2-5-18(31)22-29-19(20-21(25)26-12-14-32(20)22)16-6-8-17(9-7-16)23(34)30-24-27-10-4-11-28-24/h4,6-12,14,18H,2-3,5,13H2,1H3,(H2,25,26)(H,27,28,30,34)/t18-/m0/s1. The molecule has 0 unspecified atom stereocenters. The second-order valence-electron chi connectivity index (χ2n) is 8.18. The van der Waals surface area contributed by atoms with Gasteiger partial charge in [-0.15, -0.1) is 0 Å². The summed E-state index contributed by atoms with van der Waals surface area (Å²) in [6.45, 7) is 2.30. The fourth-order valence-corrected chi connectivity index (χ4v) is 4.42. The zero-order valence-electron chi connectivity index (χ0n) is 18.7. The van der Waals surface area contributed by atoms with E-state index in [1.54, 1.807) is 43.7 Å². The van der Waals surface area contributed by atoms with Gasteiger partial charge in [-0.3, -0.25) is 19.3 Å². The molecule has 3 aromatic heterocycles. The van der Waals surface area contributed by atoms with Crippen LogP contribution in [0.25, 0.3) is 16.8 Å². The number of nitrogen functional groups attached to an aromatic ring is 1. The number of amides is 2. The number of hydrogen-bond donors (Lipinski definition) is 2. The number of carbonyl (C=O) groups excluding carboxylic acids is 2. The van der Waals surface area contributed by atoms with Crippen molar-refractivity contribution >= 4 is 29.1 Å². The Balaban J connectivity index is 1.51. The molecule has 1 atom stereocenters. The van der Waals surface area contributed by atoms with Crippen LogP contribution in [0.2, 0.25) is 0 Å². The number of piperidine rings is 1. The molecular weight excluding hydrogens is 432 g/mol. The van der Waals surface area contributed by atoms with Gasteiger partial charge in [-0.2, -0.15) is 0 Å². The summed E-state index contributed by atoms with van der Waals surface area (Å²) in [5, 5.41) is 2.67. The maximum absolute atomic E-state index is 12.6. The maximum atomic E-state index is 12.6. The number of nitrogens with zero attached hydrogens (tertiary/aromatic N) is 6. The molecule has 0 radical (unpaired) electrons. The molecule has 1 saturated heterocycles. The molecule has 1 aliphatic rings. The van der Waals surface area contributed by atoms with Crippen LogP contribution in [0.5, 0.6) is 0 Å². The van der Waals surface area contributed by atoms with Gasteiger partial charge in [-0.05, 0) is 37.5 Å². The van der Waals surface area contributed by atoms with Gasteiger partial charge in [0, 0.05) is 49.4 Å². The number of carbonyl (C=O) groups is 2. The van der Waals surface area contributed by atoms with Gasteiger partial charge in [-0.25, -0.2) is 19.9 Å². The minimum absolute atomic E-state index is 0.0304. The second-order valence-corrected chi connectivity index (χ2v) is 8.18. The highest BCUT2D eigenvalue weighted by molar-refractivity contribution is 6.03. The Bertz CT molecular complexity index is 1350. The molecule has 3 N–H and O–H groups in total. The Morgan fingerprint density at radius 2 is 1.82 bits per heavy atom. The van der Waals surface area contributed by atoms with Crippen molar-refractivity contribution in [2.75, 3.05) is 17.6 Å². The lowest BCUT2D eigenvalue weighted by Crippen LogP contribution is -2.37. The summed E-state index contributed by atoms with van der Waals surface area (Å²) in [5.74, 6) is 1.07. The molecule has 4 heterocycles. The highest BCUT2D eigenvalue weighted by atomic mass is 16.2. The van der Waals surface area contributed by atoms with Crippen LogP contribution in [-0.4, -0.2) is 47.6 Å². The molecule has 0 bridgehead atoms. The van der Waals surface area contributed by atoms with Gasteiger partial charge in [-0.1, -0.05) is 12.1 Å². The molecule has 1 aromatic carbocycles. The van der Waals surface area contributed by atoms with Crippen molar-refractivity contribution in [2.45, 2.75) is 32.2 Å². The van der Waals surface area contributed by atoms with Crippen LogP contribution in [0.4, 0.5) is 11.8 Å². The number of anilines is 2. The topological polar surface area (TPSA) is 131 Å². The number of hydrogen-bond acceptors (Lipinski definition) is 7. The summed E-state index contributed by atoms with van der Waals surface area (Å²) in [6, 6.07) is 8.62. The Morgan fingerprint density at radius 3 is 2.56 bits per heavy atom. The highest BCUT2D eigenvalue weighted by Gasteiger charge is 2.31. The van der Waals surface area contributed by atoms with E-state index in [1.807, 2.05) is 27.6 Å². The van der Waals surface area contributed by atoms with Crippen LogP contribution >= 0.6 is 0 Å². The highest BCUT2D eigenvalue weighted by Crippen LogP contribution is 2.35. The Hall–Kier alpha value is -4.34. The summed E-state index contributed by atoms with van der Waals surface area (Å²) in [5.41, 5.74) is 8.86. The molecule has 1 aliphatic heterocycles. The van der Waals surface area contributed by atoms with Crippen LogP contribution < -0.4 is 11.1 Å². The number of nitrogens with one attached hydrogen (secondary N) is 1. The van der Waals surface area contributed by atoms with Gasteiger partial charge in [0.05, 0.1) is 6.04 Å². The minimum atomic E-state index is -0.311. The normalized spacial score (nSPS) is 15.9. The van der Waals surface area contributed by atoms with Crippen LogP contribution in [0.15, 0.2) is 55.1 Å². The number of aromatic nitrogens is 5. The van der Waals surface area contributed by atoms with Crippen molar-refractivity contribution in [3.05, 3.63) is 66.5 Å². The summed E-state index contributed by atoms with van der Waals surface area (Å²) < 4.78 is 1.93. The van der Waals surface area contributed by atoms with E-state index in [0.717, 1.165) is 30.7 Å². The van der Waals surface area contributed by atoms with Crippen LogP contribution in [0, 0.1) is 0 Å². The van der Waals surface area contributed by atoms with E-state index in [4.69, 9.17) is 10.7 Å². The third-order valence-corrected chi connectivity index (χ3v) is 6.03. The fourth-order valence-electron chi connectivity index (χ4n) is 4.42. The molecule has 4 aromatic rings. The van der Waals surface area contributed by atoms with Crippen molar-refractivity contribution in [1.82, 2.24) is 29.2 Å². The third-order valence-electron chi connectivity index (χ3n) is 6.03. The van der Waals surface area contributed by atoms with E-state index in [1.165, 1.54) is 0 Å². The van der Waals surface area contributed by atoms with Crippen molar-refractivity contribution in [3.8, 4) is 11.3 Å². The fraction of sp³-hybridized carbons (Fsp3) is 0.250. The molecule has 172 valence electrons. The van der Waals surface area contributed by atoms with Crippen LogP contribution in [0.1, 0.15) is 48.4 Å². The molecule has 34 heavy (non-hydrogen) atoms. The Kier molecular flexibility index (Phi) is 5.62. The van der Waals surface area contributed by atoms with E-state index in [-0.39, 0.29) is 23.8 Å². The molecule has 10 nitrogen and oxygen atoms in total. The molecule has 1 fully saturated rings. The number of imidazole rings is 1. The molecule has 5 rings (SSSR count). The van der Waals surface area contributed by atoms with Crippen molar-refractivity contribution in [3.63, 3.8) is 0 Å². The average molecular weight is 457 g/mol. The Labute approximate surface area is 195 Å². The van der Waals surface area contributed by atoms with Crippen molar-refractivity contribution in [2.24, 2.45) is 0 Å². The summed E-state index contributed by atoms with van der Waals surface area (Å²) >= 11 is 0. The van der Waals surface area contributed by atoms with E-state index < -0.39 is 0 Å². The van der Waals surface area contributed by atoms with Gasteiger partial charge in [0.15, 0.2) is 0 Å². The first-order valence-electron chi connectivity index (χ1n) is 11.1. The van der Waals surface area contributed by atoms with Crippen molar-refractivity contribution in [1.29, 1.82) is 0 Å². The van der Waals surface area contributed by atoms with Gasteiger partial charge in [0.1, 0.15) is 22.9 Å². The smallest absolute Gasteiger partial charge is 0.258 e. The molecular formula is C24H24N8O2. The van der Waals surface area contributed by atoms with E-state index in [0.29, 0.717) is 29.1 Å². The molecule has 10 heteroatoms. The number of likely N-dealkylation sites (tertiary alicyclic amines) is 1. The number of benzene rings is 1. The Morgan fingerprint density at radius 1 is 1.06 bits per heavy atom. The van der Waals surface area contributed by atoms with E-state index in [2.05, 4.69) is 20.3 Å². The zero-order chi connectivity index (χ0) is 23.7.